The first-order valence-corrected chi connectivity index (χ1v) is 9.53. The Hall–Kier alpha value is -2.76. The number of hydrazone groups is 1. The van der Waals surface area contributed by atoms with Crippen LogP contribution in [0.3, 0.4) is 0 Å². The second kappa shape index (κ2) is 14.3. The number of rotatable bonds is 10. The molecule has 0 unspecified atom stereocenters. The molecule has 0 saturated carbocycles. The van der Waals surface area contributed by atoms with Crippen LogP contribution >= 0.6 is 0 Å². The highest BCUT2D eigenvalue weighted by Crippen LogP contribution is 2.31. The average molecular weight is 390 g/mol. The Kier molecular flexibility index (Phi) is 12.9. The zero-order chi connectivity index (χ0) is 21.5. The lowest BCUT2D eigenvalue weighted by atomic mass is 10.1. The molecule has 0 fully saturated rings. The number of hydrogen-bond donors (Lipinski definition) is 1. The molecular formula is C22H35N3O3. The van der Waals surface area contributed by atoms with Gasteiger partial charge in [0.15, 0.2) is 11.5 Å². The number of methoxy groups -OCH3 is 2. The van der Waals surface area contributed by atoms with Crippen molar-refractivity contribution in [3.63, 3.8) is 0 Å². The molecule has 0 atom stereocenters. The number of carbonyl (C=O) groups is 1. The van der Waals surface area contributed by atoms with Gasteiger partial charge in [-0.15, -0.1) is 0 Å². The van der Waals surface area contributed by atoms with Gasteiger partial charge in [0.2, 0.25) is 6.41 Å². The molecule has 1 aromatic rings. The lowest BCUT2D eigenvalue weighted by Crippen LogP contribution is -2.21. The van der Waals surface area contributed by atoms with Gasteiger partial charge in [-0.3, -0.25) is 4.79 Å². The number of allylic oxidation sites excluding steroid dienone is 2. The van der Waals surface area contributed by atoms with Gasteiger partial charge in [-0.2, -0.15) is 5.10 Å². The molecule has 1 amide bonds. The van der Waals surface area contributed by atoms with E-state index in [0.717, 1.165) is 5.57 Å². The maximum atomic E-state index is 11.4. The highest BCUT2D eigenvalue weighted by molar-refractivity contribution is 6.11. The molecule has 6 heteroatoms. The van der Waals surface area contributed by atoms with Crippen LogP contribution in [0.25, 0.3) is 0 Å². The van der Waals surface area contributed by atoms with Crippen LogP contribution in [0.1, 0.15) is 53.4 Å². The number of carbonyl (C=O) groups excluding carboxylic acids is 1. The van der Waals surface area contributed by atoms with Crippen LogP contribution in [-0.4, -0.2) is 26.3 Å². The highest BCUT2D eigenvalue weighted by Gasteiger charge is 2.12. The molecule has 6 nitrogen and oxygen atoms in total. The highest BCUT2D eigenvalue weighted by atomic mass is 16.5. The fourth-order valence-corrected chi connectivity index (χ4v) is 2.25. The fourth-order valence-electron chi connectivity index (χ4n) is 2.25. The summed E-state index contributed by atoms with van der Waals surface area (Å²) in [4.78, 5) is 11.4. The van der Waals surface area contributed by atoms with Crippen molar-refractivity contribution < 1.29 is 14.3 Å². The van der Waals surface area contributed by atoms with E-state index >= 15 is 0 Å². The van der Waals surface area contributed by atoms with Gasteiger partial charge in [-0.1, -0.05) is 52.2 Å². The van der Waals surface area contributed by atoms with Crippen molar-refractivity contribution >= 4 is 17.8 Å². The lowest BCUT2D eigenvalue weighted by molar-refractivity contribution is -0.107. The summed E-state index contributed by atoms with van der Waals surface area (Å²) in [5.41, 5.74) is 7.81. The Labute approximate surface area is 169 Å². The van der Waals surface area contributed by atoms with E-state index in [2.05, 4.69) is 25.5 Å². The van der Waals surface area contributed by atoms with Crippen molar-refractivity contribution in [3.8, 4) is 11.5 Å². The summed E-state index contributed by atoms with van der Waals surface area (Å²) in [6, 6.07) is 5.04. The van der Waals surface area contributed by atoms with Gasteiger partial charge in [-0.05, 0) is 31.6 Å². The minimum Gasteiger partial charge on any atom is -0.493 e. The normalized spacial score (nSPS) is 11.2. The Morgan fingerprint density at radius 2 is 1.75 bits per heavy atom. The van der Waals surface area contributed by atoms with E-state index in [0.29, 0.717) is 29.3 Å². The van der Waals surface area contributed by atoms with Crippen molar-refractivity contribution in [2.24, 2.45) is 10.8 Å². The zero-order valence-corrected chi connectivity index (χ0v) is 18.1. The van der Waals surface area contributed by atoms with Crippen molar-refractivity contribution in [2.75, 3.05) is 19.2 Å². The molecule has 0 aliphatic heterocycles. The molecule has 0 radical (unpaired) electrons. The van der Waals surface area contributed by atoms with Gasteiger partial charge in [0.25, 0.3) is 0 Å². The quantitative estimate of drug-likeness (QED) is 0.263. The summed E-state index contributed by atoms with van der Waals surface area (Å²) in [5.74, 6) is 1.06. The Balaban J connectivity index is 0.00000105. The zero-order valence-electron chi connectivity index (χ0n) is 18.1. The van der Waals surface area contributed by atoms with Crippen molar-refractivity contribution in [3.05, 3.63) is 42.1 Å². The molecule has 0 bridgehead atoms. The predicted molar refractivity (Wildman–Crippen MR) is 118 cm³/mol. The number of hydrogen-bond acceptors (Lipinski definition) is 5. The second-order valence-corrected chi connectivity index (χ2v) is 6.14. The summed E-state index contributed by atoms with van der Waals surface area (Å²) in [6.07, 6.45) is 7.97. The third kappa shape index (κ3) is 8.29. The van der Waals surface area contributed by atoms with Crippen molar-refractivity contribution in [1.29, 1.82) is 0 Å². The molecule has 0 spiro atoms. The minimum atomic E-state index is 0.280. The number of nitrogens with two attached hydrogens (primary N) is 1. The first-order valence-electron chi connectivity index (χ1n) is 9.53. The van der Waals surface area contributed by atoms with Crippen LogP contribution in [0.4, 0.5) is 5.69 Å². The van der Waals surface area contributed by atoms with Gasteiger partial charge in [-0.25, -0.2) is 5.01 Å². The summed E-state index contributed by atoms with van der Waals surface area (Å²) < 4.78 is 10.4. The van der Waals surface area contributed by atoms with Crippen LogP contribution < -0.4 is 20.2 Å². The van der Waals surface area contributed by atoms with Gasteiger partial charge < -0.3 is 15.2 Å². The first kappa shape index (κ1) is 25.2. The van der Waals surface area contributed by atoms with Crippen LogP contribution in [0, 0.1) is 0 Å². The topological polar surface area (TPSA) is 77.2 Å². The molecule has 1 aromatic carbocycles. The smallest absolute Gasteiger partial charge is 0.234 e. The molecule has 0 heterocycles. The third-order valence-electron chi connectivity index (χ3n) is 4.01. The van der Waals surface area contributed by atoms with E-state index in [1.165, 1.54) is 37.8 Å². The molecule has 0 aliphatic rings. The first-order chi connectivity index (χ1) is 13.4. The number of benzene rings is 1. The maximum absolute atomic E-state index is 11.4. The molecule has 0 aliphatic carbocycles. The average Bonchev–Trinajstić information content (AvgIpc) is 2.72. The number of nitrogens with zero attached hydrogens (tertiary/aromatic N) is 2. The number of anilines is 1. The van der Waals surface area contributed by atoms with E-state index in [1.807, 2.05) is 19.9 Å². The molecule has 0 aromatic heterocycles. The maximum Gasteiger partial charge on any atom is 0.234 e. The summed E-state index contributed by atoms with van der Waals surface area (Å²) >= 11 is 0. The fraction of sp³-hybridized carbons (Fsp3) is 0.455. The van der Waals surface area contributed by atoms with Crippen LogP contribution in [0.2, 0.25) is 0 Å². The lowest BCUT2D eigenvalue weighted by Gasteiger charge is -2.16. The van der Waals surface area contributed by atoms with Crippen LogP contribution in [0.5, 0.6) is 11.5 Å². The Morgan fingerprint density at radius 3 is 2.14 bits per heavy atom. The van der Waals surface area contributed by atoms with Gasteiger partial charge in [0.1, 0.15) is 5.71 Å². The monoisotopic (exact) mass is 389 g/mol. The minimum absolute atomic E-state index is 0.280. The van der Waals surface area contributed by atoms with Gasteiger partial charge >= 0.3 is 0 Å². The van der Waals surface area contributed by atoms with E-state index in [1.54, 1.807) is 25.3 Å². The van der Waals surface area contributed by atoms with E-state index in [-0.39, 0.29) is 5.70 Å². The summed E-state index contributed by atoms with van der Waals surface area (Å²) in [6.45, 7) is 11.8. The van der Waals surface area contributed by atoms with Crippen LogP contribution in [-0.2, 0) is 4.79 Å². The van der Waals surface area contributed by atoms with E-state index in [9.17, 15) is 4.79 Å². The van der Waals surface area contributed by atoms with E-state index < -0.39 is 0 Å². The van der Waals surface area contributed by atoms with Crippen LogP contribution in [0.15, 0.2) is 47.2 Å². The van der Waals surface area contributed by atoms with E-state index in [4.69, 9.17) is 15.2 Å². The van der Waals surface area contributed by atoms with Gasteiger partial charge in [0.05, 0.1) is 25.6 Å². The molecule has 156 valence electrons. The number of ether oxygens (including phenoxy) is 2. The molecule has 0 saturated heterocycles. The molecule has 28 heavy (non-hydrogen) atoms. The summed E-state index contributed by atoms with van der Waals surface area (Å²) in [5, 5.41) is 5.43. The Bertz CT molecular complexity index is 678. The number of unbranched alkanes of at least 4 members (excludes halogenated alkanes) is 3. The Morgan fingerprint density at radius 1 is 1.18 bits per heavy atom. The van der Waals surface area contributed by atoms with Crippen molar-refractivity contribution in [2.45, 2.75) is 53.4 Å². The SMILES string of the molecule is C=C(N)C(=N\N(C=O)c1ccc(OC)c(OC)c1)/C(C)=C\C.CCCCCC. The second-order valence-electron chi connectivity index (χ2n) is 6.14. The molecule has 2 N–H and O–H groups in total. The third-order valence-corrected chi connectivity index (χ3v) is 4.01. The summed E-state index contributed by atoms with van der Waals surface area (Å²) in [7, 11) is 3.06. The number of amides is 1. The largest absolute Gasteiger partial charge is 0.493 e. The standard InChI is InChI=1S/C16H21N3O3.C6H14/c1-6-11(2)16(12(3)17)18-19(10-20)13-7-8-14(21-4)15(9-13)22-5;1-3-5-6-4-2/h6-10H,3,17H2,1-2,4-5H3;3-6H2,1-2H3/b11-6-,18-16-;. The predicted octanol–water partition coefficient (Wildman–Crippen LogP) is 5.05. The molecular weight excluding hydrogens is 354 g/mol. The molecule has 1 rings (SSSR count). The van der Waals surface area contributed by atoms with Gasteiger partial charge in [0, 0.05) is 6.07 Å². The van der Waals surface area contributed by atoms with Crippen molar-refractivity contribution in [1.82, 2.24) is 0 Å².